The van der Waals surface area contributed by atoms with Crippen molar-refractivity contribution in [3.8, 4) is 11.5 Å². The molecular formula is C82H56N8O10. The zero-order chi connectivity index (χ0) is 69.5. The van der Waals surface area contributed by atoms with Crippen LogP contribution in [0.5, 0.6) is 11.5 Å². The number of aromatic carboxylic acids is 2. The van der Waals surface area contributed by atoms with Gasteiger partial charge in [0.25, 0.3) is 23.6 Å². The number of phenols is 2. The van der Waals surface area contributed by atoms with E-state index in [9.17, 15) is 49.2 Å². The number of hydrogen-bond acceptors (Lipinski definition) is 14. The van der Waals surface area contributed by atoms with E-state index in [-0.39, 0.29) is 44.4 Å². The summed E-state index contributed by atoms with van der Waals surface area (Å²) in [5.74, 6) is -7.42. The van der Waals surface area contributed by atoms with Crippen LogP contribution < -0.4 is 9.80 Å². The van der Waals surface area contributed by atoms with Gasteiger partial charge in [-0.3, -0.25) is 49.1 Å². The number of carboxylic acid groups (broad SMARTS) is 2. The Bertz CT molecular complexity index is 4620. The molecule has 10 aromatic carbocycles. The van der Waals surface area contributed by atoms with Gasteiger partial charge in [-0.15, -0.1) is 0 Å². The third kappa shape index (κ3) is 14.7. The van der Waals surface area contributed by atoms with Crippen LogP contribution in [-0.4, -0.2) is 85.9 Å². The smallest absolute Gasteiger partial charge is 0.337 e. The first kappa shape index (κ1) is 65.8. The summed E-state index contributed by atoms with van der Waals surface area (Å²) in [6, 6.07) is 83.8. The van der Waals surface area contributed by atoms with Crippen LogP contribution >= 0.6 is 0 Å². The maximum absolute atomic E-state index is 13.6. The number of phenolic OH excluding ortho intramolecular Hbond substituents is 2. The molecule has 6 aromatic heterocycles. The monoisotopic (exact) mass is 1310 g/mol. The number of amides is 4. The maximum Gasteiger partial charge on any atom is 0.337 e. The summed E-state index contributed by atoms with van der Waals surface area (Å²) in [7, 11) is 0. The molecule has 0 fully saturated rings. The van der Waals surface area contributed by atoms with E-state index in [0.717, 1.165) is 69.5 Å². The van der Waals surface area contributed by atoms with Gasteiger partial charge in [-0.25, -0.2) is 19.4 Å². The fourth-order valence-electron chi connectivity index (χ4n) is 11.2. The number of nitrogens with zero attached hydrogens (tertiary/aromatic N) is 8. The standard InChI is InChI=1S/C28H14N2O10.6C9H7N/c31-11-1-7-19(17(9-11)27(37)38)29-23(33)13-3-5-15-22-16(6-4-14(21(13)22)24(29)34)26(36)30(25(15)35)20-8-2-12(32)10-18(20)28(39)40;6*1-2-6-9-8(4-1)5-3-7-10-9/h1-10,31-32H,(H,37,38)(H,39,40);6*1-7H. The first-order valence-corrected chi connectivity index (χ1v) is 31.1. The highest BCUT2D eigenvalue weighted by molar-refractivity contribution is 6.43. The van der Waals surface area contributed by atoms with E-state index >= 15 is 0 Å². The Kier molecular flexibility index (Phi) is 20.0. The van der Waals surface area contributed by atoms with E-state index in [0.29, 0.717) is 9.80 Å². The van der Waals surface area contributed by atoms with Crippen molar-refractivity contribution in [1.29, 1.82) is 0 Å². The summed E-state index contributed by atoms with van der Waals surface area (Å²) in [5.41, 5.74) is 4.47. The fraction of sp³-hybridized carbons (Fsp3) is 0. The Morgan fingerprint density at radius 3 is 0.660 bits per heavy atom. The second kappa shape index (κ2) is 30.4. The molecular weight excluding hydrogens is 1260 g/mol. The van der Waals surface area contributed by atoms with Gasteiger partial charge < -0.3 is 20.4 Å². The molecule has 0 aliphatic carbocycles. The van der Waals surface area contributed by atoms with Crippen LogP contribution in [0.25, 0.3) is 76.2 Å². The number of carbonyl (C=O) groups is 6. The maximum atomic E-state index is 13.6. The van der Waals surface area contributed by atoms with E-state index < -0.39 is 58.2 Å². The number of rotatable bonds is 4. The van der Waals surface area contributed by atoms with Crippen molar-refractivity contribution in [2.45, 2.75) is 0 Å². The third-order valence-electron chi connectivity index (χ3n) is 15.9. The third-order valence-corrected chi connectivity index (χ3v) is 15.9. The molecule has 8 heterocycles. The Morgan fingerprint density at radius 2 is 0.460 bits per heavy atom. The van der Waals surface area contributed by atoms with E-state index in [1.165, 1.54) is 56.6 Å². The predicted molar refractivity (Wildman–Crippen MR) is 387 cm³/mol. The van der Waals surface area contributed by atoms with Gasteiger partial charge in [0, 0.05) is 103 Å². The van der Waals surface area contributed by atoms with Gasteiger partial charge in [-0.05, 0) is 133 Å². The summed E-state index contributed by atoms with van der Waals surface area (Å²) in [4.78, 5) is 104. The molecule has 18 rings (SSSR count). The highest BCUT2D eigenvalue weighted by Crippen LogP contribution is 2.42. The number of aromatic hydroxyl groups is 2. The minimum atomic E-state index is -1.49. The van der Waals surface area contributed by atoms with Crippen LogP contribution in [0.4, 0.5) is 11.4 Å². The highest BCUT2D eigenvalue weighted by atomic mass is 16.4. The predicted octanol–water partition coefficient (Wildman–Crippen LogP) is 16.7. The Hall–Kier alpha value is -14.3. The number of para-hydroxylation sites is 6. The largest absolute Gasteiger partial charge is 0.508 e. The number of pyridine rings is 6. The topological polar surface area (TPSA) is 267 Å². The van der Waals surface area contributed by atoms with Crippen LogP contribution in [0.3, 0.4) is 0 Å². The minimum Gasteiger partial charge on any atom is -0.508 e. The van der Waals surface area contributed by atoms with Crippen molar-refractivity contribution in [3.05, 3.63) is 350 Å². The molecule has 0 saturated heterocycles. The van der Waals surface area contributed by atoms with E-state index in [2.05, 4.69) is 103 Å². The van der Waals surface area contributed by atoms with E-state index in [1.807, 2.05) is 183 Å². The van der Waals surface area contributed by atoms with Crippen LogP contribution in [0.1, 0.15) is 62.1 Å². The Morgan fingerprint density at radius 1 is 0.260 bits per heavy atom. The number of benzene rings is 10. The van der Waals surface area contributed by atoms with E-state index in [4.69, 9.17) is 0 Å². The summed E-state index contributed by atoms with van der Waals surface area (Å²) < 4.78 is 0. The van der Waals surface area contributed by atoms with Gasteiger partial charge in [-0.2, -0.15) is 0 Å². The molecule has 2 aliphatic rings. The second-order valence-corrected chi connectivity index (χ2v) is 22.2. The van der Waals surface area contributed by atoms with Gasteiger partial charge in [-0.1, -0.05) is 146 Å². The molecule has 16 aromatic rings. The molecule has 0 bridgehead atoms. The number of carboxylic acids is 2. The zero-order valence-electron chi connectivity index (χ0n) is 52.8. The van der Waals surface area contributed by atoms with Crippen molar-refractivity contribution >= 4 is 123 Å². The molecule has 0 unspecified atom stereocenters. The number of imide groups is 2. The zero-order valence-corrected chi connectivity index (χ0v) is 52.8. The normalized spacial score (nSPS) is 11.7. The average Bonchev–Trinajstić information content (AvgIpc) is 0.706. The lowest BCUT2D eigenvalue weighted by molar-refractivity contribution is 0.0685. The SMILES string of the molecule is O=C(O)c1cc(O)ccc1N1C(=O)c2ccc3c4c(ccc(c24)C1=O)C(=O)N(c1ccc(O)cc1C(=O)O)C3=O.c1ccc2ncccc2c1.c1ccc2ncccc2c1.c1ccc2ncccc2c1.c1ccc2ncccc2c1.c1ccc2ncccc2c1.c1ccc2ncccc2c1. The number of hydrogen-bond donors (Lipinski definition) is 4. The second-order valence-electron chi connectivity index (χ2n) is 22.2. The van der Waals surface area contributed by atoms with Crippen LogP contribution in [0.15, 0.2) is 316 Å². The number of fused-ring (bicyclic) bond motifs is 6. The van der Waals surface area contributed by atoms with Gasteiger partial charge in [0.1, 0.15) is 11.5 Å². The summed E-state index contributed by atoms with van der Waals surface area (Å²) >= 11 is 0. The van der Waals surface area contributed by atoms with Crippen molar-refractivity contribution < 1.29 is 49.2 Å². The lowest BCUT2D eigenvalue weighted by Gasteiger charge is -2.32. The van der Waals surface area contributed by atoms with Crippen molar-refractivity contribution in [2.24, 2.45) is 0 Å². The van der Waals surface area contributed by atoms with Crippen LogP contribution in [0.2, 0.25) is 0 Å². The van der Waals surface area contributed by atoms with E-state index in [1.54, 1.807) is 0 Å². The lowest BCUT2D eigenvalue weighted by Crippen LogP contribution is -2.44. The highest BCUT2D eigenvalue weighted by Gasteiger charge is 2.42. The lowest BCUT2D eigenvalue weighted by atomic mass is 9.85. The fourth-order valence-corrected chi connectivity index (χ4v) is 11.2. The molecule has 4 amide bonds. The van der Waals surface area contributed by atoms with Gasteiger partial charge >= 0.3 is 11.9 Å². The van der Waals surface area contributed by atoms with Gasteiger partial charge in [0.05, 0.1) is 55.6 Å². The van der Waals surface area contributed by atoms with Crippen molar-refractivity contribution in [3.63, 3.8) is 0 Å². The molecule has 0 radical (unpaired) electrons. The summed E-state index contributed by atoms with van der Waals surface area (Å²) in [6.45, 7) is 0. The quantitative estimate of drug-likeness (QED) is 0.119. The van der Waals surface area contributed by atoms with Crippen LogP contribution in [0, 0.1) is 0 Å². The van der Waals surface area contributed by atoms with Crippen molar-refractivity contribution in [2.75, 3.05) is 9.80 Å². The number of aromatic nitrogens is 6. The van der Waals surface area contributed by atoms with Crippen molar-refractivity contribution in [1.82, 2.24) is 29.9 Å². The Labute approximate surface area is 570 Å². The average molecular weight is 1310 g/mol. The first-order valence-electron chi connectivity index (χ1n) is 31.1. The van der Waals surface area contributed by atoms with Crippen LogP contribution in [-0.2, 0) is 0 Å². The minimum absolute atomic E-state index is 0.0161. The number of carbonyl (C=O) groups excluding carboxylic acids is 4. The van der Waals surface area contributed by atoms with Gasteiger partial charge in [0.15, 0.2) is 0 Å². The molecule has 484 valence electrons. The molecule has 0 spiro atoms. The molecule has 0 saturated carbocycles. The molecule has 2 aliphatic heterocycles. The first-order chi connectivity index (χ1) is 48.8. The Balaban J connectivity index is 0.000000127. The molecule has 100 heavy (non-hydrogen) atoms. The number of anilines is 2. The molecule has 4 N–H and O–H groups in total. The molecule has 0 atom stereocenters. The summed E-state index contributed by atoms with van der Waals surface area (Å²) in [6.07, 6.45) is 10.8. The van der Waals surface area contributed by atoms with Gasteiger partial charge in [0.2, 0.25) is 0 Å². The molecule has 18 nitrogen and oxygen atoms in total. The summed E-state index contributed by atoms with van der Waals surface area (Å²) in [5, 5.41) is 45.9. The molecule has 18 heteroatoms.